The van der Waals surface area contributed by atoms with Gasteiger partial charge in [-0.2, -0.15) is 13.2 Å². The number of benzene rings is 2. The van der Waals surface area contributed by atoms with E-state index in [1.807, 2.05) is 18.2 Å². The zero-order valence-electron chi connectivity index (χ0n) is 16.7. The fourth-order valence-electron chi connectivity index (χ4n) is 2.75. The van der Waals surface area contributed by atoms with Gasteiger partial charge in [0.2, 0.25) is 5.88 Å². The van der Waals surface area contributed by atoms with Gasteiger partial charge < -0.3 is 15.4 Å². The molecule has 0 fully saturated rings. The van der Waals surface area contributed by atoms with Crippen molar-refractivity contribution in [3.8, 4) is 11.6 Å². The summed E-state index contributed by atoms with van der Waals surface area (Å²) in [6, 6.07) is 15.6. The number of nitrogens with zero attached hydrogens (tertiary/aromatic N) is 1. The topological polar surface area (TPSA) is 75.3 Å². The average Bonchev–Trinajstić information content (AvgIpc) is 2.77. The van der Waals surface area contributed by atoms with E-state index in [4.69, 9.17) is 4.74 Å². The van der Waals surface area contributed by atoms with Crippen molar-refractivity contribution in [2.45, 2.75) is 12.7 Å². The lowest BCUT2D eigenvalue weighted by Crippen LogP contribution is -2.22. The number of carbonyl (C=O) groups is 1. The molecule has 0 saturated carbocycles. The number of hydrogen-bond donors (Lipinski definition) is 3. The first kappa shape index (κ1) is 22.1. The molecule has 3 N–H and O–H groups in total. The van der Waals surface area contributed by atoms with Crippen LogP contribution in [0, 0.1) is 0 Å². The number of anilines is 1. The molecule has 1 aromatic heterocycles. The summed E-state index contributed by atoms with van der Waals surface area (Å²) in [5.74, 6) is 0.674. The Balaban J connectivity index is 1.57. The van der Waals surface area contributed by atoms with Crippen LogP contribution in [0.4, 0.5) is 18.9 Å². The molecule has 0 unspecified atom stereocenters. The van der Waals surface area contributed by atoms with Gasteiger partial charge >= 0.3 is 6.18 Å². The molecule has 31 heavy (non-hydrogen) atoms. The van der Waals surface area contributed by atoms with E-state index >= 15 is 0 Å². The van der Waals surface area contributed by atoms with Crippen LogP contribution in [-0.2, 0) is 12.7 Å². The molecule has 162 valence electrons. The number of pyridine rings is 1. The largest absolute Gasteiger partial charge is 0.439 e. The minimum atomic E-state index is -4.38. The number of alkyl halides is 3. The molecule has 9 heteroatoms. The van der Waals surface area contributed by atoms with Crippen molar-refractivity contribution >= 4 is 11.6 Å². The van der Waals surface area contributed by atoms with Crippen LogP contribution < -0.4 is 20.7 Å². The van der Waals surface area contributed by atoms with E-state index in [0.29, 0.717) is 29.4 Å². The van der Waals surface area contributed by atoms with Crippen molar-refractivity contribution in [1.82, 2.24) is 15.6 Å². The van der Waals surface area contributed by atoms with Crippen LogP contribution in [0.25, 0.3) is 0 Å². The molecule has 3 aromatic rings. The summed E-state index contributed by atoms with van der Waals surface area (Å²) in [4.78, 5) is 15.7. The van der Waals surface area contributed by atoms with Crippen molar-refractivity contribution in [2.24, 2.45) is 0 Å². The summed E-state index contributed by atoms with van der Waals surface area (Å²) < 4.78 is 44.2. The molecule has 0 spiro atoms. The third-order valence-electron chi connectivity index (χ3n) is 4.34. The zero-order chi connectivity index (χ0) is 22.3. The molecular weight excluding hydrogens is 409 g/mol. The van der Waals surface area contributed by atoms with Gasteiger partial charge in [-0.3, -0.25) is 10.1 Å². The Morgan fingerprint density at radius 2 is 1.87 bits per heavy atom. The smallest absolute Gasteiger partial charge is 0.416 e. The number of aromatic nitrogens is 1. The van der Waals surface area contributed by atoms with Gasteiger partial charge in [0.25, 0.3) is 5.91 Å². The highest BCUT2D eigenvalue weighted by Crippen LogP contribution is 2.30. The van der Waals surface area contributed by atoms with E-state index in [2.05, 4.69) is 20.9 Å². The molecule has 0 aliphatic carbocycles. The monoisotopic (exact) mass is 430 g/mol. The molecule has 1 heterocycles. The fourth-order valence-corrected chi connectivity index (χ4v) is 2.75. The van der Waals surface area contributed by atoms with Crippen molar-refractivity contribution in [3.05, 3.63) is 83.6 Å². The van der Waals surface area contributed by atoms with E-state index in [1.54, 1.807) is 24.3 Å². The van der Waals surface area contributed by atoms with Gasteiger partial charge in [-0.15, -0.1) is 0 Å². The first-order valence-electron chi connectivity index (χ1n) is 9.42. The molecule has 6 nitrogen and oxygen atoms in total. The highest BCUT2D eigenvalue weighted by atomic mass is 19.4. The molecule has 0 aliphatic rings. The van der Waals surface area contributed by atoms with Gasteiger partial charge in [-0.1, -0.05) is 24.3 Å². The summed E-state index contributed by atoms with van der Waals surface area (Å²) in [5.41, 5.74) is 0.925. The number of nitrogens with one attached hydrogen (secondary N) is 3. The van der Waals surface area contributed by atoms with E-state index in [0.717, 1.165) is 17.7 Å². The van der Waals surface area contributed by atoms with E-state index in [1.165, 1.54) is 19.3 Å². The predicted octanol–water partition coefficient (Wildman–Crippen LogP) is 4.41. The highest BCUT2D eigenvalue weighted by Gasteiger charge is 2.30. The number of halogens is 3. The Morgan fingerprint density at radius 1 is 1.06 bits per heavy atom. The second-order valence-corrected chi connectivity index (χ2v) is 6.53. The maximum atomic E-state index is 12.8. The quantitative estimate of drug-likeness (QED) is 0.365. The van der Waals surface area contributed by atoms with Crippen LogP contribution in [0.5, 0.6) is 11.6 Å². The van der Waals surface area contributed by atoms with Gasteiger partial charge in [0.15, 0.2) is 0 Å². The highest BCUT2D eigenvalue weighted by molar-refractivity contribution is 5.93. The third kappa shape index (κ3) is 6.19. The lowest BCUT2D eigenvalue weighted by molar-refractivity contribution is -0.137. The van der Waals surface area contributed by atoms with E-state index in [-0.39, 0.29) is 12.6 Å². The molecule has 3 rings (SSSR count). The van der Waals surface area contributed by atoms with Crippen molar-refractivity contribution in [1.29, 1.82) is 0 Å². The first-order valence-corrected chi connectivity index (χ1v) is 9.42. The number of hydrogen-bond acceptors (Lipinski definition) is 5. The standard InChI is InChI=1S/C22H21F3N4O2/c1-26-21(30)16-9-10-20(28-13-16)31-19-8-3-2-5-15(19)12-27-14-29-18-7-4-6-17(11-18)22(23,24)25/h2-11,13,27,29H,12,14H2,1H3,(H,26,30). The van der Waals surface area contributed by atoms with Crippen LogP contribution >= 0.6 is 0 Å². The summed E-state index contributed by atoms with van der Waals surface area (Å²) in [6.07, 6.45) is -2.96. The van der Waals surface area contributed by atoms with Crippen LogP contribution in [0.3, 0.4) is 0 Å². The van der Waals surface area contributed by atoms with Crippen molar-refractivity contribution in [3.63, 3.8) is 0 Å². The molecule has 0 saturated heterocycles. The number of carbonyl (C=O) groups excluding carboxylic acids is 1. The normalized spacial score (nSPS) is 11.1. The maximum absolute atomic E-state index is 12.8. The third-order valence-corrected chi connectivity index (χ3v) is 4.34. The van der Waals surface area contributed by atoms with Gasteiger partial charge in [0, 0.05) is 37.1 Å². The molecule has 0 aliphatic heterocycles. The lowest BCUT2D eigenvalue weighted by Gasteiger charge is -2.13. The molecule has 0 atom stereocenters. The minimum Gasteiger partial charge on any atom is -0.439 e. The second kappa shape index (κ2) is 9.94. The Hall–Kier alpha value is -3.59. The van der Waals surface area contributed by atoms with E-state index in [9.17, 15) is 18.0 Å². The first-order chi connectivity index (χ1) is 14.9. The van der Waals surface area contributed by atoms with Gasteiger partial charge in [0.05, 0.1) is 17.8 Å². The Kier molecular flexibility index (Phi) is 7.09. The minimum absolute atomic E-state index is 0.239. The molecular formula is C22H21F3N4O2. The zero-order valence-corrected chi connectivity index (χ0v) is 16.7. The van der Waals surface area contributed by atoms with Crippen molar-refractivity contribution < 1.29 is 22.7 Å². The molecule has 0 radical (unpaired) electrons. The van der Waals surface area contributed by atoms with Gasteiger partial charge in [-0.05, 0) is 30.3 Å². The van der Waals surface area contributed by atoms with Crippen LogP contribution in [-0.4, -0.2) is 24.6 Å². The number of amides is 1. The predicted molar refractivity (Wildman–Crippen MR) is 111 cm³/mol. The molecule has 2 aromatic carbocycles. The SMILES string of the molecule is CNC(=O)c1ccc(Oc2ccccc2CNCNc2cccc(C(F)(F)F)c2)nc1. The molecule has 1 amide bonds. The van der Waals surface area contributed by atoms with Crippen LogP contribution in [0.15, 0.2) is 66.9 Å². The summed E-state index contributed by atoms with van der Waals surface area (Å²) in [6.45, 7) is 0.674. The Bertz CT molecular complexity index is 1020. The number of para-hydroxylation sites is 1. The summed E-state index contributed by atoms with van der Waals surface area (Å²) >= 11 is 0. The van der Waals surface area contributed by atoms with E-state index < -0.39 is 11.7 Å². The summed E-state index contributed by atoms with van der Waals surface area (Å²) in [7, 11) is 1.54. The summed E-state index contributed by atoms with van der Waals surface area (Å²) in [5, 5.41) is 8.56. The van der Waals surface area contributed by atoms with Crippen LogP contribution in [0.1, 0.15) is 21.5 Å². The Labute approximate surface area is 177 Å². The average molecular weight is 430 g/mol. The fraction of sp³-hybridized carbons (Fsp3) is 0.182. The second-order valence-electron chi connectivity index (χ2n) is 6.53. The maximum Gasteiger partial charge on any atom is 0.416 e. The van der Waals surface area contributed by atoms with Gasteiger partial charge in [-0.25, -0.2) is 4.98 Å². The lowest BCUT2D eigenvalue weighted by atomic mass is 10.2. The van der Waals surface area contributed by atoms with Crippen molar-refractivity contribution in [2.75, 3.05) is 19.0 Å². The number of ether oxygens (including phenoxy) is 1. The van der Waals surface area contributed by atoms with Crippen LogP contribution in [0.2, 0.25) is 0 Å². The number of rotatable bonds is 8. The Morgan fingerprint density at radius 3 is 2.58 bits per heavy atom. The molecule has 0 bridgehead atoms. The van der Waals surface area contributed by atoms with Gasteiger partial charge in [0.1, 0.15) is 5.75 Å².